The summed E-state index contributed by atoms with van der Waals surface area (Å²) >= 11 is 0. The van der Waals surface area contributed by atoms with Crippen molar-refractivity contribution in [1.82, 2.24) is 4.31 Å². The van der Waals surface area contributed by atoms with Gasteiger partial charge >= 0.3 is 0 Å². The van der Waals surface area contributed by atoms with Gasteiger partial charge in [-0.25, -0.2) is 8.42 Å². The first-order chi connectivity index (χ1) is 6.66. The number of sulfonamides is 1. The van der Waals surface area contributed by atoms with Crippen molar-refractivity contribution in [2.45, 2.75) is 43.4 Å². The molecule has 0 aromatic rings. The Morgan fingerprint density at radius 2 is 1.86 bits per heavy atom. The van der Waals surface area contributed by atoms with E-state index < -0.39 is 10.0 Å². The lowest BCUT2D eigenvalue weighted by atomic mass is 9.93. The van der Waals surface area contributed by atoms with Crippen molar-refractivity contribution in [2.24, 2.45) is 5.73 Å². The number of rotatable bonds is 5. The predicted octanol–water partition coefficient (Wildman–Crippen LogP) is 0.292. The third-order valence-corrected chi connectivity index (χ3v) is 5.55. The van der Waals surface area contributed by atoms with Crippen molar-refractivity contribution in [3.05, 3.63) is 0 Å². The highest BCUT2D eigenvalue weighted by molar-refractivity contribution is 7.90. The van der Waals surface area contributed by atoms with E-state index in [-0.39, 0.29) is 11.3 Å². The summed E-state index contributed by atoms with van der Waals surface area (Å²) < 4.78 is 25.6. The number of nitrogens with zero attached hydrogens (tertiary/aromatic N) is 1. The van der Waals surface area contributed by atoms with E-state index in [1.807, 2.05) is 0 Å². The van der Waals surface area contributed by atoms with E-state index in [1.54, 1.807) is 4.31 Å². The summed E-state index contributed by atoms with van der Waals surface area (Å²) in [5.41, 5.74) is 5.46. The van der Waals surface area contributed by atoms with Gasteiger partial charge in [0.15, 0.2) is 0 Å². The largest absolute Gasteiger partial charge is 0.329 e. The van der Waals surface area contributed by atoms with E-state index in [9.17, 15) is 8.42 Å². The van der Waals surface area contributed by atoms with Crippen LogP contribution in [0.3, 0.4) is 0 Å². The Kier molecular flexibility index (Phi) is 2.81. The van der Waals surface area contributed by atoms with Gasteiger partial charge in [0.25, 0.3) is 0 Å². The molecule has 0 aromatic heterocycles. The number of hydrogen-bond acceptors (Lipinski definition) is 3. The second-order valence-electron chi connectivity index (χ2n) is 4.23. The van der Waals surface area contributed by atoms with E-state index in [4.69, 9.17) is 5.73 Å². The van der Waals surface area contributed by atoms with Gasteiger partial charge in [0, 0.05) is 19.1 Å². The monoisotopic (exact) mass is 218 g/mol. The molecule has 0 spiro atoms. The minimum Gasteiger partial charge on any atom is -0.329 e. The van der Waals surface area contributed by atoms with Crippen LogP contribution >= 0.6 is 0 Å². The fraction of sp³-hybridized carbons (Fsp3) is 1.00. The molecule has 14 heavy (non-hydrogen) atoms. The average molecular weight is 218 g/mol. The van der Waals surface area contributed by atoms with Crippen molar-refractivity contribution in [3.63, 3.8) is 0 Å². The topological polar surface area (TPSA) is 63.4 Å². The molecule has 5 heteroatoms. The molecule has 2 rings (SSSR count). The minimum atomic E-state index is -3.00. The molecule has 2 fully saturated rings. The molecule has 0 saturated heterocycles. The van der Waals surface area contributed by atoms with Crippen LogP contribution in [0.15, 0.2) is 0 Å². The predicted molar refractivity (Wildman–Crippen MR) is 55.3 cm³/mol. The molecular formula is C9H18N2O2S. The Bertz CT molecular complexity index is 294. The molecule has 0 heterocycles. The Hall–Kier alpha value is -0.130. The van der Waals surface area contributed by atoms with Crippen LogP contribution in [0.2, 0.25) is 0 Å². The first-order valence-corrected chi connectivity index (χ1v) is 6.87. The van der Waals surface area contributed by atoms with Gasteiger partial charge in [0.05, 0.1) is 5.25 Å². The van der Waals surface area contributed by atoms with Crippen molar-refractivity contribution in [2.75, 3.05) is 13.1 Å². The lowest BCUT2D eigenvalue weighted by Gasteiger charge is -2.36. The third kappa shape index (κ3) is 1.81. The standard InChI is InChI=1S/C9H18N2O2S/c10-6-7-11(8-2-1-3-8)14(12,13)9-4-5-9/h8-9H,1-7,10H2. The first-order valence-electron chi connectivity index (χ1n) is 5.37. The molecule has 0 unspecified atom stereocenters. The first kappa shape index (κ1) is 10.4. The zero-order valence-corrected chi connectivity index (χ0v) is 9.17. The van der Waals surface area contributed by atoms with E-state index >= 15 is 0 Å². The van der Waals surface area contributed by atoms with Gasteiger partial charge in [-0.05, 0) is 25.7 Å². The normalized spacial score (nSPS) is 23.9. The van der Waals surface area contributed by atoms with Crippen molar-refractivity contribution in [1.29, 1.82) is 0 Å². The van der Waals surface area contributed by atoms with E-state index in [2.05, 4.69) is 0 Å². The summed E-state index contributed by atoms with van der Waals surface area (Å²) in [6.45, 7) is 0.936. The van der Waals surface area contributed by atoms with Gasteiger partial charge in [-0.3, -0.25) is 0 Å². The van der Waals surface area contributed by atoms with E-state index in [1.165, 1.54) is 0 Å². The average Bonchev–Trinajstić information content (AvgIpc) is 2.82. The number of nitrogens with two attached hydrogens (primary N) is 1. The molecule has 0 bridgehead atoms. The lowest BCUT2D eigenvalue weighted by molar-refractivity contribution is 0.223. The highest BCUT2D eigenvalue weighted by atomic mass is 32.2. The summed E-state index contributed by atoms with van der Waals surface area (Å²) in [7, 11) is -3.00. The highest BCUT2D eigenvalue weighted by Crippen LogP contribution is 2.35. The Morgan fingerprint density at radius 1 is 1.21 bits per heavy atom. The van der Waals surface area contributed by atoms with Crippen LogP contribution in [0.25, 0.3) is 0 Å². The van der Waals surface area contributed by atoms with Crippen molar-refractivity contribution in [3.8, 4) is 0 Å². The van der Waals surface area contributed by atoms with Gasteiger partial charge in [-0.1, -0.05) is 6.42 Å². The zero-order valence-electron chi connectivity index (χ0n) is 8.35. The van der Waals surface area contributed by atoms with Crippen LogP contribution in [-0.4, -0.2) is 37.1 Å². The van der Waals surface area contributed by atoms with Gasteiger partial charge in [-0.2, -0.15) is 4.31 Å². The third-order valence-electron chi connectivity index (χ3n) is 3.10. The maximum Gasteiger partial charge on any atom is 0.217 e. The SMILES string of the molecule is NCCN(C1CCC1)S(=O)(=O)C1CC1. The molecule has 2 N–H and O–H groups in total. The maximum atomic E-state index is 12.0. The summed E-state index contributed by atoms with van der Waals surface area (Å²) in [4.78, 5) is 0. The molecule has 0 atom stereocenters. The van der Waals surface area contributed by atoms with Crippen LogP contribution in [0.4, 0.5) is 0 Å². The summed E-state index contributed by atoms with van der Waals surface area (Å²) in [6.07, 6.45) is 4.88. The molecule has 2 saturated carbocycles. The zero-order chi connectivity index (χ0) is 10.2. The Morgan fingerprint density at radius 3 is 2.21 bits per heavy atom. The van der Waals surface area contributed by atoms with Gasteiger partial charge < -0.3 is 5.73 Å². The van der Waals surface area contributed by atoms with Crippen LogP contribution < -0.4 is 5.73 Å². The fourth-order valence-corrected chi connectivity index (χ4v) is 3.98. The fourth-order valence-electron chi connectivity index (χ4n) is 1.88. The van der Waals surface area contributed by atoms with Crippen molar-refractivity contribution < 1.29 is 8.42 Å². The lowest BCUT2D eigenvalue weighted by Crippen LogP contribution is -2.47. The highest BCUT2D eigenvalue weighted by Gasteiger charge is 2.43. The molecular weight excluding hydrogens is 200 g/mol. The molecule has 2 aliphatic rings. The molecule has 0 amide bonds. The van der Waals surface area contributed by atoms with Crippen molar-refractivity contribution >= 4 is 10.0 Å². The quantitative estimate of drug-likeness (QED) is 0.721. The summed E-state index contributed by atoms with van der Waals surface area (Å²) in [5, 5.41) is -0.0883. The molecule has 0 radical (unpaired) electrons. The van der Waals surface area contributed by atoms with Crippen LogP contribution in [0, 0.1) is 0 Å². The van der Waals surface area contributed by atoms with E-state index in [0.717, 1.165) is 32.1 Å². The van der Waals surface area contributed by atoms with Gasteiger partial charge in [0.2, 0.25) is 10.0 Å². The number of hydrogen-bond donors (Lipinski definition) is 1. The Labute approximate surface area is 85.5 Å². The molecule has 82 valence electrons. The molecule has 0 aliphatic heterocycles. The van der Waals surface area contributed by atoms with Crippen LogP contribution in [0.5, 0.6) is 0 Å². The smallest absolute Gasteiger partial charge is 0.217 e. The van der Waals surface area contributed by atoms with Gasteiger partial charge in [-0.15, -0.1) is 0 Å². The molecule has 2 aliphatic carbocycles. The van der Waals surface area contributed by atoms with Crippen LogP contribution in [-0.2, 0) is 10.0 Å². The molecule has 4 nitrogen and oxygen atoms in total. The maximum absolute atomic E-state index is 12.0. The van der Waals surface area contributed by atoms with Gasteiger partial charge in [0.1, 0.15) is 0 Å². The molecule has 0 aromatic carbocycles. The second-order valence-corrected chi connectivity index (χ2v) is 6.39. The Balaban J connectivity index is 2.07. The summed E-state index contributed by atoms with van der Waals surface area (Å²) in [5.74, 6) is 0. The second kappa shape index (κ2) is 3.79. The van der Waals surface area contributed by atoms with Crippen LogP contribution in [0.1, 0.15) is 32.1 Å². The minimum absolute atomic E-state index is 0.0883. The summed E-state index contributed by atoms with van der Waals surface area (Å²) in [6, 6.07) is 0.254. The van der Waals surface area contributed by atoms with E-state index in [0.29, 0.717) is 13.1 Å².